The third kappa shape index (κ3) is 5.14. The number of para-hydroxylation sites is 1. The number of carbonyl (C=O) groups is 3. The molecule has 9 heteroatoms. The van der Waals surface area contributed by atoms with E-state index in [0.29, 0.717) is 4.88 Å². The predicted octanol–water partition coefficient (Wildman–Crippen LogP) is 2.82. The number of thiophene rings is 1. The van der Waals surface area contributed by atoms with E-state index in [4.69, 9.17) is 4.74 Å². The van der Waals surface area contributed by atoms with Gasteiger partial charge in [-0.2, -0.15) is 0 Å². The van der Waals surface area contributed by atoms with Gasteiger partial charge in [0.15, 0.2) is 6.61 Å². The van der Waals surface area contributed by atoms with Gasteiger partial charge in [-0.3, -0.25) is 9.59 Å². The summed E-state index contributed by atoms with van der Waals surface area (Å²) in [6.45, 7) is 3.05. The van der Waals surface area contributed by atoms with Crippen LogP contribution < -0.4 is 10.6 Å². The van der Waals surface area contributed by atoms with Crippen LogP contribution in [-0.2, 0) is 14.3 Å². The second kappa shape index (κ2) is 8.94. The predicted molar refractivity (Wildman–Crippen MR) is 110 cm³/mol. The molecule has 3 rings (SSSR count). The molecule has 0 aliphatic heterocycles. The van der Waals surface area contributed by atoms with Crippen LogP contribution in [0.15, 0.2) is 36.4 Å². The van der Waals surface area contributed by atoms with E-state index < -0.39 is 18.5 Å². The Hall–Kier alpha value is -2.78. The minimum Gasteiger partial charge on any atom is -0.451 e. The number of hydrogen-bond acceptors (Lipinski definition) is 7. The van der Waals surface area contributed by atoms with Crippen LogP contribution >= 0.6 is 22.7 Å². The van der Waals surface area contributed by atoms with Crippen LogP contribution in [0.5, 0.6) is 0 Å². The average Bonchev–Trinajstić information content (AvgIpc) is 3.30. The zero-order valence-corrected chi connectivity index (χ0v) is 17.0. The first-order valence-corrected chi connectivity index (χ1v) is 10.2. The Bertz CT molecular complexity index is 976. The molecule has 0 spiro atoms. The van der Waals surface area contributed by atoms with Gasteiger partial charge in [0.05, 0.1) is 21.6 Å². The lowest BCUT2D eigenvalue weighted by molar-refractivity contribution is -0.128. The van der Waals surface area contributed by atoms with Crippen LogP contribution in [0.3, 0.4) is 0 Å². The minimum absolute atomic E-state index is 0.00863. The Labute approximate surface area is 169 Å². The van der Waals surface area contributed by atoms with Crippen LogP contribution in [0.4, 0.5) is 0 Å². The number of esters is 1. The highest BCUT2D eigenvalue weighted by Crippen LogP contribution is 2.34. The molecule has 0 saturated heterocycles. The van der Waals surface area contributed by atoms with Crippen molar-refractivity contribution >= 4 is 50.7 Å². The van der Waals surface area contributed by atoms with Crippen molar-refractivity contribution in [1.29, 1.82) is 0 Å². The summed E-state index contributed by atoms with van der Waals surface area (Å²) < 4.78 is 6.10. The molecule has 0 aliphatic rings. The molecule has 28 heavy (non-hydrogen) atoms. The summed E-state index contributed by atoms with van der Waals surface area (Å²) in [7, 11) is 0. The molecular formula is C19H19N3O4S2. The largest absolute Gasteiger partial charge is 0.451 e. The summed E-state index contributed by atoms with van der Waals surface area (Å²) in [4.78, 5) is 41.2. The quantitative estimate of drug-likeness (QED) is 0.576. The molecule has 0 atom stereocenters. The van der Waals surface area contributed by atoms with Gasteiger partial charge in [-0.15, -0.1) is 22.7 Å². The molecule has 2 amide bonds. The van der Waals surface area contributed by atoms with Crippen molar-refractivity contribution < 1.29 is 19.1 Å². The topological polar surface area (TPSA) is 97.4 Å². The van der Waals surface area contributed by atoms with Crippen LogP contribution in [-0.4, -0.2) is 42.0 Å². The van der Waals surface area contributed by atoms with Gasteiger partial charge < -0.3 is 15.4 Å². The molecule has 0 unspecified atom stereocenters. The molecule has 0 saturated carbocycles. The van der Waals surface area contributed by atoms with Gasteiger partial charge in [-0.25, -0.2) is 9.78 Å². The average molecular weight is 418 g/mol. The van der Waals surface area contributed by atoms with E-state index in [1.165, 1.54) is 11.3 Å². The summed E-state index contributed by atoms with van der Waals surface area (Å²) in [5, 5.41) is 5.89. The molecule has 0 aliphatic carbocycles. The minimum atomic E-state index is -0.584. The van der Waals surface area contributed by atoms with Crippen LogP contribution in [0.1, 0.15) is 23.5 Å². The van der Waals surface area contributed by atoms with Crippen LogP contribution in [0.2, 0.25) is 0 Å². The second-order valence-corrected chi connectivity index (χ2v) is 8.34. The fraction of sp³-hybridized carbons (Fsp3) is 0.263. The second-order valence-electron chi connectivity index (χ2n) is 6.23. The van der Waals surface area contributed by atoms with E-state index in [1.807, 2.05) is 44.2 Å². The zero-order chi connectivity index (χ0) is 20.1. The lowest BCUT2D eigenvalue weighted by Crippen LogP contribution is -2.41. The van der Waals surface area contributed by atoms with Gasteiger partial charge in [0.1, 0.15) is 9.88 Å². The number of thiazole rings is 1. The van der Waals surface area contributed by atoms with Crippen molar-refractivity contribution in [2.75, 3.05) is 13.2 Å². The van der Waals surface area contributed by atoms with Crippen molar-refractivity contribution in [1.82, 2.24) is 15.6 Å². The van der Waals surface area contributed by atoms with Gasteiger partial charge >= 0.3 is 5.97 Å². The van der Waals surface area contributed by atoms with E-state index in [2.05, 4.69) is 15.6 Å². The van der Waals surface area contributed by atoms with E-state index in [0.717, 1.165) is 20.1 Å². The van der Waals surface area contributed by atoms with Crippen molar-refractivity contribution in [3.05, 3.63) is 41.3 Å². The SMILES string of the molecule is CC(C)NC(=O)CNC(=O)COC(=O)c1ccc(-c2nc3ccccc3s2)s1. The number of benzene rings is 1. The Morgan fingerprint density at radius 3 is 2.61 bits per heavy atom. The standard InChI is InChI=1S/C19H19N3O4S2/c1-11(2)21-16(23)9-20-17(24)10-26-19(25)15-8-7-14(27-15)18-22-12-5-3-4-6-13(12)28-18/h3-8,11H,9-10H2,1-2H3,(H,20,24)(H,21,23). The number of nitrogens with zero attached hydrogens (tertiary/aromatic N) is 1. The number of aromatic nitrogens is 1. The number of nitrogens with one attached hydrogen (secondary N) is 2. The van der Waals surface area contributed by atoms with Crippen molar-refractivity contribution in [2.24, 2.45) is 0 Å². The highest BCUT2D eigenvalue weighted by molar-refractivity contribution is 7.26. The summed E-state index contributed by atoms with van der Waals surface area (Å²) in [6, 6.07) is 11.3. The van der Waals surface area contributed by atoms with Crippen molar-refractivity contribution in [2.45, 2.75) is 19.9 Å². The summed E-state index contributed by atoms with van der Waals surface area (Å²) >= 11 is 2.82. The molecule has 3 aromatic rings. The molecule has 1 aromatic carbocycles. The smallest absolute Gasteiger partial charge is 0.348 e. The zero-order valence-electron chi connectivity index (χ0n) is 15.4. The number of ether oxygens (including phenoxy) is 1. The summed E-state index contributed by atoms with van der Waals surface area (Å²) in [6.07, 6.45) is 0. The Morgan fingerprint density at radius 2 is 1.86 bits per heavy atom. The van der Waals surface area contributed by atoms with E-state index in [9.17, 15) is 14.4 Å². The molecule has 146 valence electrons. The summed E-state index contributed by atoms with van der Waals surface area (Å²) in [5.74, 6) is -1.41. The number of hydrogen-bond donors (Lipinski definition) is 2. The maximum absolute atomic E-state index is 12.2. The van der Waals surface area contributed by atoms with Crippen molar-refractivity contribution in [3.63, 3.8) is 0 Å². The van der Waals surface area contributed by atoms with Gasteiger partial charge in [-0.05, 0) is 38.1 Å². The van der Waals surface area contributed by atoms with Crippen molar-refractivity contribution in [3.8, 4) is 9.88 Å². The molecular weight excluding hydrogens is 398 g/mol. The third-order valence-electron chi connectivity index (χ3n) is 3.54. The summed E-state index contributed by atoms with van der Waals surface area (Å²) in [5.41, 5.74) is 0.915. The van der Waals surface area contributed by atoms with Gasteiger partial charge in [0.25, 0.3) is 5.91 Å². The molecule has 0 radical (unpaired) electrons. The first kappa shape index (κ1) is 20.0. The maximum atomic E-state index is 12.2. The van der Waals surface area contributed by atoms with Crippen LogP contribution in [0.25, 0.3) is 20.1 Å². The first-order valence-electron chi connectivity index (χ1n) is 8.61. The van der Waals surface area contributed by atoms with E-state index >= 15 is 0 Å². The molecule has 2 N–H and O–H groups in total. The molecule has 2 aromatic heterocycles. The van der Waals surface area contributed by atoms with Crippen LogP contribution in [0, 0.1) is 0 Å². The third-order valence-corrected chi connectivity index (χ3v) is 5.81. The lowest BCUT2D eigenvalue weighted by atomic mass is 10.3. The Kier molecular flexibility index (Phi) is 6.37. The number of rotatable bonds is 7. The normalized spacial score (nSPS) is 10.8. The van der Waals surface area contributed by atoms with Gasteiger partial charge in [0, 0.05) is 6.04 Å². The highest BCUT2D eigenvalue weighted by Gasteiger charge is 2.16. The lowest BCUT2D eigenvalue weighted by Gasteiger charge is -2.09. The maximum Gasteiger partial charge on any atom is 0.348 e. The Balaban J connectivity index is 1.53. The molecule has 0 fully saturated rings. The van der Waals surface area contributed by atoms with E-state index in [1.54, 1.807) is 17.4 Å². The van der Waals surface area contributed by atoms with Gasteiger partial charge in [0.2, 0.25) is 5.91 Å². The fourth-order valence-electron chi connectivity index (χ4n) is 2.35. The Morgan fingerprint density at radius 1 is 1.07 bits per heavy atom. The highest BCUT2D eigenvalue weighted by atomic mass is 32.1. The molecule has 0 bridgehead atoms. The fourth-order valence-corrected chi connectivity index (χ4v) is 4.27. The van der Waals surface area contributed by atoms with Gasteiger partial charge in [-0.1, -0.05) is 12.1 Å². The number of fused-ring (bicyclic) bond motifs is 1. The number of carbonyl (C=O) groups excluding carboxylic acids is 3. The monoisotopic (exact) mass is 417 g/mol. The van der Waals surface area contributed by atoms with E-state index in [-0.39, 0.29) is 18.5 Å². The molecule has 7 nitrogen and oxygen atoms in total. The number of amides is 2. The first-order chi connectivity index (χ1) is 13.4. The molecule has 2 heterocycles.